The van der Waals surface area contributed by atoms with Crippen LogP contribution in [0.15, 0.2) is 18.2 Å². The molecule has 1 atom stereocenters. The van der Waals surface area contributed by atoms with Crippen LogP contribution in [0.5, 0.6) is 0 Å². The molecule has 0 bridgehead atoms. The molecule has 3 N–H and O–H groups in total. The maximum absolute atomic E-state index is 12.2. The zero-order chi connectivity index (χ0) is 14.9. The molecule has 1 heterocycles. The molecule has 2 rings (SSSR count). The van der Waals surface area contributed by atoms with Crippen LogP contribution in [0.4, 0.5) is 5.69 Å². The predicted octanol–water partition coefficient (Wildman–Crippen LogP) is 1.39. The Labute approximate surface area is 119 Å². The fourth-order valence-electron chi connectivity index (χ4n) is 2.15. The van der Waals surface area contributed by atoms with Gasteiger partial charge in [-0.1, -0.05) is 19.9 Å². The number of nitrogens with two attached hydrogens (primary N) is 1. The van der Waals surface area contributed by atoms with E-state index in [2.05, 4.69) is 5.32 Å². The summed E-state index contributed by atoms with van der Waals surface area (Å²) in [4.78, 5) is 25.7. The second-order valence-corrected chi connectivity index (χ2v) is 5.68. The molecule has 0 saturated heterocycles. The molecule has 0 radical (unpaired) electrons. The number of amides is 2. The fourth-order valence-corrected chi connectivity index (χ4v) is 2.15. The standard InChI is InChI=1S/C15H21N3O2/c1-9(2)10(3)17-14(19)8-18-7-11-4-5-12(16)6-13(11)15(18)20/h4-6,9-10H,7-8,16H2,1-3H3,(H,17,19). The Balaban J connectivity index is 2.00. The molecular formula is C15H21N3O2. The zero-order valence-corrected chi connectivity index (χ0v) is 12.1. The summed E-state index contributed by atoms with van der Waals surface area (Å²) in [5.41, 5.74) is 7.79. The van der Waals surface area contributed by atoms with Gasteiger partial charge in [-0.15, -0.1) is 0 Å². The third kappa shape index (κ3) is 2.92. The first kappa shape index (κ1) is 14.4. The maximum Gasteiger partial charge on any atom is 0.255 e. The van der Waals surface area contributed by atoms with Crippen LogP contribution in [0.1, 0.15) is 36.7 Å². The minimum Gasteiger partial charge on any atom is -0.399 e. The van der Waals surface area contributed by atoms with Gasteiger partial charge in [0.05, 0.1) is 0 Å². The first-order valence-corrected chi connectivity index (χ1v) is 6.85. The Hall–Kier alpha value is -2.04. The van der Waals surface area contributed by atoms with Crippen LogP contribution >= 0.6 is 0 Å². The van der Waals surface area contributed by atoms with E-state index in [1.54, 1.807) is 17.0 Å². The SMILES string of the molecule is CC(C)C(C)NC(=O)CN1Cc2ccc(N)cc2C1=O. The minimum absolute atomic E-state index is 0.0878. The van der Waals surface area contributed by atoms with E-state index in [-0.39, 0.29) is 24.4 Å². The summed E-state index contributed by atoms with van der Waals surface area (Å²) < 4.78 is 0. The van der Waals surface area contributed by atoms with Crippen molar-refractivity contribution in [3.63, 3.8) is 0 Å². The molecule has 1 unspecified atom stereocenters. The molecule has 1 aliphatic rings. The quantitative estimate of drug-likeness (QED) is 0.815. The Morgan fingerprint density at radius 3 is 2.75 bits per heavy atom. The highest BCUT2D eigenvalue weighted by Gasteiger charge is 2.29. The van der Waals surface area contributed by atoms with Crippen LogP contribution in [0.2, 0.25) is 0 Å². The predicted molar refractivity (Wildman–Crippen MR) is 78.0 cm³/mol. The lowest BCUT2D eigenvalue weighted by atomic mass is 10.1. The van der Waals surface area contributed by atoms with Gasteiger partial charge in [-0.25, -0.2) is 0 Å². The number of nitrogen functional groups attached to an aromatic ring is 1. The van der Waals surface area contributed by atoms with E-state index >= 15 is 0 Å². The minimum atomic E-state index is -0.125. The summed E-state index contributed by atoms with van der Waals surface area (Å²) in [5.74, 6) is 0.116. The second kappa shape index (κ2) is 5.53. The number of nitrogens with one attached hydrogen (secondary N) is 1. The Kier molecular flexibility index (Phi) is 3.97. The van der Waals surface area contributed by atoms with Crippen LogP contribution < -0.4 is 11.1 Å². The normalized spacial score (nSPS) is 15.4. The summed E-state index contributed by atoms with van der Waals surface area (Å²) >= 11 is 0. The Morgan fingerprint density at radius 1 is 1.40 bits per heavy atom. The summed E-state index contributed by atoms with van der Waals surface area (Å²) in [5, 5.41) is 2.91. The van der Waals surface area contributed by atoms with Gasteiger partial charge >= 0.3 is 0 Å². The lowest BCUT2D eigenvalue weighted by Gasteiger charge is -2.20. The van der Waals surface area contributed by atoms with Crippen LogP contribution in [-0.2, 0) is 11.3 Å². The van der Waals surface area contributed by atoms with Gasteiger partial charge in [0, 0.05) is 23.8 Å². The molecule has 0 aromatic heterocycles. The van der Waals surface area contributed by atoms with Crippen molar-refractivity contribution < 1.29 is 9.59 Å². The van der Waals surface area contributed by atoms with Crippen molar-refractivity contribution >= 4 is 17.5 Å². The lowest BCUT2D eigenvalue weighted by Crippen LogP contribution is -2.42. The van der Waals surface area contributed by atoms with Gasteiger partial charge in [-0.2, -0.15) is 0 Å². The maximum atomic E-state index is 12.2. The number of carbonyl (C=O) groups is 2. The van der Waals surface area contributed by atoms with Crippen LogP contribution in [0, 0.1) is 5.92 Å². The van der Waals surface area contributed by atoms with Gasteiger partial charge in [-0.3, -0.25) is 9.59 Å². The molecule has 0 saturated carbocycles. The summed E-state index contributed by atoms with van der Waals surface area (Å²) in [6.45, 7) is 6.61. The number of nitrogens with zero attached hydrogens (tertiary/aromatic N) is 1. The average Bonchev–Trinajstić information content (AvgIpc) is 2.66. The number of fused-ring (bicyclic) bond motifs is 1. The first-order chi connectivity index (χ1) is 9.38. The molecule has 1 aromatic rings. The molecule has 1 aromatic carbocycles. The Morgan fingerprint density at radius 2 is 2.10 bits per heavy atom. The largest absolute Gasteiger partial charge is 0.399 e. The van der Waals surface area contributed by atoms with Crippen molar-refractivity contribution in [3.05, 3.63) is 29.3 Å². The van der Waals surface area contributed by atoms with E-state index in [1.807, 2.05) is 26.8 Å². The third-order valence-electron chi connectivity index (χ3n) is 3.74. The van der Waals surface area contributed by atoms with Gasteiger partial charge in [0.15, 0.2) is 0 Å². The molecule has 108 valence electrons. The zero-order valence-electron chi connectivity index (χ0n) is 12.1. The van der Waals surface area contributed by atoms with Crippen molar-refractivity contribution in [1.29, 1.82) is 0 Å². The molecule has 20 heavy (non-hydrogen) atoms. The smallest absolute Gasteiger partial charge is 0.255 e. The van der Waals surface area contributed by atoms with Gasteiger partial charge in [0.2, 0.25) is 5.91 Å². The summed E-state index contributed by atoms with van der Waals surface area (Å²) in [7, 11) is 0. The number of rotatable bonds is 4. The van der Waals surface area contributed by atoms with Crippen molar-refractivity contribution in [2.45, 2.75) is 33.4 Å². The van der Waals surface area contributed by atoms with E-state index in [0.29, 0.717) is 23.7 Å². The topological polar surface area (TPSA) is 75.4 Å². The monoisotopic (exact) mass is 275 g/mol. The van der Waals surface area contributed by atoms with Crippen molar-refractivity contribution in [2.75, 3.05) is 12.3 Å². The van der Waals surface area contributed by atoms with Gasteiger partial charge in [0.1, 0.15) is 6.54 Å². The van der Waals surface area contributed by atoms with Gasteiger partial charge in [0.25, 0.3) is 5.91 Å². The number of hydrogen-bond acceptors (Lipinski definition) is 3. The molecular weight excluding hydrogens is 254 g/mol. The van der Waals surface area contributed by atoms with Crippen LogP contribution in [0.25, 0.3) is 0 Å². The summed E-state index contributed by atoms with van der Waals surface area (Å²) in [6, 6.07) is 5.39. The molecule has 1 aliphatic heterocycles. The highest BCUT2D eigenvalue weighted by molar-refractivity contribution is 6.00. The fraction of sp³-hybridized carbons (Fsp3) is 0.467. The van der Waals surface area contributed by atoms with Gasteiger partial charge < -0.3 is 16.0 Å². The van der Waals surface area contributed by atoms with E-state index in [4.69, 9.17) is 5.73 Å². The van der Waals surface area contributed by atoms with E-state index in [1.165, 1.54) is 0 Å². The molecule has 0 spiro atoms. The number of hydrogen-bond donors (Lipinski definition) is 2. The average molecular weight is 275 g/mol. The Bertz CT molecular complexity index is 540. The molecule has 5 heteroatoms. The van der Waals surface area contributed by atoms with Crippen molar-refractivity contribution in [3.8, 4) is 0 Å². The highest BCUT2D eigenvalue weighted by atomic mass is 16.2. The number of benzene rings is 1. The van der Waals surface area contributed by atoms with Crippen molar-refractivity contribution in [1.82, 2.24) is 10.2 Å². The van der Waals surface area contributed by atoms with Crippen molar-refractivity contribution in [2.24, 2.45) is 5.92 Å². The third-order valence-corrected chi connectivity index (χ3v) is 3.74. The number of anilines is 1. The first-order valence-electron chi connectivity index (χ1n) is 6.85. The van der Waals surface area contributed by atoms with Crippen LogP contribution in [-0.4, -0.2) is 29.3 Å². The highest BCUT2D eigenvalue weighted by Crippen LogP contribution is 2.24. The molecule has 5 nitrogen and oxygen atoms in total. The molecule has 2 amide bonds. The lowest BCUT2D eigenvalue weighted by molar-refractivity contribution is -0.122. The van der Waals surface area contributed by atoms with Gasteiger partial charge in [-0.05, 0) is 30.5 Å². The van der Waals surface area contributed by atoms with Crippen LogP contribution in [0.3, 0.4) is 0 Å². The molecule has 0 aliphatic carbocycles. The molecule has 0 fully saturated rings. The summed E-state index contributed by atoms with van der Waals surface area (Å²) in [6.07, 6.45) is 0. The van der Waals surface area contributed by atoms with E-state index in [9.17, 15) is 9.59 Å². The number of carbonyl (C=O) groups excluding carboxylic acids is 2. The van der Waals surface area contributed by atoms with E-state index < -0.39 is 0 Å². The second-order valence-electron chi connectivity index (χ2n) is 5.68. The van der Waals surface area contributed by atoms with E-state index in [0.717, 1.165) is 5.56 Å².